The minimum atomic E-state index is -1.43. The SMILES string of the molecule is COC(=O)[C@@H](NC[C@H](CCSC)NC(=O)[C@@H](NC(=O)[C@H](CC(C)C)NC(=O)[C@H](CC(C)C)NC(=O)CNC(=O)[C@H](C)NC(=O)[C@H](CC(C)C)NC(=O)[C@H](Cc1ccc(O)cc1)NC(=O)OCC1c2ccccc2-c2ccccc21)[C@@H](C)O)C(C)C. The molecule has 3 aromatic carbocycles. The van der Waals surface area contributed by atoms with Crippen LogP contribution in [0.4, 0.5) is 4.79 Å². The van der Waals surface area contributed by atoms with E-state index in [9.17, 15) is 53.4 Å². The first-order chi connectivity index (χ1) is 40.2. The van der Waals surface area contributed by atoms with Gasteiger partial charge in [0, 0.05) is 24.9 Å². The Morgan fingerprint density at radius 3 is 1.59 bits per heavy atom. The fraction of sp³-hybridized carbons (Fsp3) is 0.565. The number of aromatic hydroxyl groups is 1. The van der Waals surface area contributed by atoms with Crippen molar-refractivity contribution in [2.75, 3.05) is 38.8 Å². The van der Waals surface area contributed by atoms with E-state index < -0.39 is 114 Å². The molecule has 0 heterocycles. The van der Waals surface area contributed by atoms with Crippen LogP contribution in [0.1, 0.15) is 118 Å². The number of phenols is 1. The van der Waals surface area contributed by atoms with Crippen molar-refractivity contribution in [3.05, 3.63) is 89.5 Å². The molecule has 1 aliphatic carbocycles. The van der Waals surface area contributed by atoms with Gasteiger partial charge < -0.3 is 67.5 Å². The molecule has 0 aromatic heterocycles. The fourth-order valence-electron chi connectivity index (χ4n) is 9.88. The Hall–Kier alpha value is -7.24. The van der Waals surface area contributed by atoms with Crippen LogP contribution in [-0.4, -0.2) is 157 Å². The largest absolute Gasteiger partial charge is 0.508 e. The second kappa shape index (κ2) is 34.7. The third-order valence-electron chi connectivity index (χ3n) is 14.3. The van der Waals surface area contributed by atoms with E-state index in [0.717, 1.165) is 22.3 Å². The maximum Gasteiger partial charge on any atom is 0.407 e. The Kier molecular flexibility index (Phi) is 28.6. The first-order valence-corrected chi connectivity index (χ1v) is 30.6. The molecule has 3 aromatic rings. The lowest BCUT2D eigenvalue weighted by molar-refractivity contribution is -0.144. The summed E-state index contributed by atoms with van der Waals surface area (Å²) in [5.41, 5.74) is 4.68. The zero-order valence-corrected chi connectivity index (χ0v) is 52.0. The molecule has 23 heteroatoms. The number of nitrogens with one attached hydrogen (secondary N) is 9. The maximum atomic E-state index is 14.2. The molecule has 0 fully saturated rings. The lowest BCUT2D eigenvalue weighted by atomic mass is 9.98. The van der Waals surface area contributed by atoms with E-state index in [4.69, 9.17) is 9.47 Å². The van der Waals surface area contributed by atoms with Gasteiger partial charge in [-0.15, -0.1) is 0 Å². The fourth-order valence-corrected chi connectivity index (χ4v) is 10.4. The van der Waals surface area contributed by atoms with Gasteiger partial charge in [-0.25, -0.2) is 4.79 Å². The van der Waals surface area contributed by atoms with Crippen molar-refractivity contribution in [3.8, 4) is 16.9 Å². The van der Waals surface area contributed by atoms with Crippen molar-refractivity contribution in [2.45, 2.75) is 162 Å². The molecular weight excluding hydrogens is 1110 g/mol. The summed E-state index contributed by atoms with van der Waals surface area (Å²) >= 11 is 1.56. The Morgan fingerprint density at radius 2 is 1.08 bits per heavy atom. The second-order valence-corrected chi connectivity index (χ2v) is 24.3. The topological polar surface area (TPSA) is 321 Å². The Balaban J connectivity index is 1.38. The molecule has 0 saturated heterocycles. The first-order valence-electron chi connectivity index (χ1n) is 29.2. The number of phenolic OH excluding ortho intramolecular Hbond substituents is 1. The van der Waals surface area contributed by atoms with Gasteiger partial charge in [0.05, 0.1) is 19.8 Å². The van der Waals surface area contributed by atoms with Crippen molar-refractivity contribution in [2.24, 2.45) is 23.7 Å². The van der Waals surface area contributed by atoms with E-state index in [0.29, 0.717) is 17.7 Å². The Bertz CT molecular complexity index is 2680. The molecule has 9 atom stereocenters. The van der Waals surface area contributed by atoms with Crippen LogP contribution >= 0.6 is 11.8 Å². The van der Waals surface area contributed by atoms with Crippen LogP contribution in [0.2, 0.25) is 0 Å². The van der Waals surface area contributed by atoms with Gasteiger partial charge in [0.2, 0.25) is 41.4 Å². The van der Waals surface area contributed by atoms with Gasteiger partial charge in [0.15, 0.2) is 0 Å². The van der Waals surface area contributed by atoms with Crippen molar-refractivity contribution in [3.63, 3.8) is 0 Å². The monoisotopic (exact) mass is 1200 g/mol. The lowest BCUT2D eigenvalue weighted by Crippen LogP contribution is -2.61. The molecule has 0 spiro atoms. The number of benzene rings is 3. The molecule has 0 radical (unpaired) electrons. The summed E-state index contributed by atoms with van der Waals surface area (Å²) in [6.07, 6.45) is 0.543. The number of hydrogen-bond acceptors (Lipinski definition) is 15. The molecule has 22 nitrogen and oxygen atoms in total. The molecule has 468 valence electrons. The minimum absolute atomic E-state index is 0.000333. The van der Waals surface area contributed by atoms with Crippen LogP contribution in [0, 0.1) is 23.7 Å². The van der Waals surface area contributed by atoms with Crippen LogP contribution in [0.15, 0.2) is 72.8 Å². The molecule has 8 amide bonds. The highest BCUT2D eigenvalue weighted by Crippen LogP contribution is 2.44. The van der Waals surface area contributed by atoms with Gasteiger partial charge in [-0.2, -0.15) is 11.8 Å². The highest BCUT2D eigenvalue weighted by atomic mass is 32.2. The van der Waals surface area contributed by atoms with Crippen LogP contribution in [0.25, 0.3) is 11.1 Å². The number of carbonyl (C=O) groups excluding carboxylic acids is 9. The van der Waals surface area contributed by atoms with E-state index >= 15 is 0 Å². The Morgan fingerprint density at radius 1 is 0.576 bits per heavy atom. The number of aliphatic hydroxyl groups excluding tert-OH is 1. The van der Waals surface area contributed by atoms with Gasteiger partial charge in [-0.05, 0) is 115 Å². The number of methoxy groups -OCH3 is 1. The predicted molar refractivity (Wildman–Crippen MR) is 326 cm³/mol. The van der Waals surface area contributed by atoms with Gasteiger partial charge in [0.1, 0.15) is 54.6 Å². The molecule has 0 unspecified atom stereocenters. The molecule has 85 heavy (non-hydrogen) atoms. The molecule has 11 N–H and O–H groups in total. The van der Waals surface area contributed by atoms with Gasteiger partial charge >= 0.3 is 12.1 Å². The number of alkyl carbamates (subject to hydrolysis) is 1. The molecule has 0 bridgehead atoms. The van der Waals surface area contributed by atoms with Gasteiger partial charge in [0.25, 0.3) is 0 Å². The molecule has 0 aliphatic heterocycles. The highest BCUT2D eigenvalue weighted by molar-refractivity contribution is 7.98. The number of fused-ring (bicyclic) bond motifs is 3. The summed E-state index contributed by atoms with van der Waals surface area (Å²) in [7, 11) is 1.29. The normalized spacial score (nSPS) is 15.1. The number of thioether (sulfide) groups is 1. The summed E-state index contributed by atoms with van der Waals surface area (Å²) in [6, 6.07) is 13.2. The van der Waals surface area contributed by atoms with E-state index in [1.165, 1.54) is 33.1 Å². The van der Waals surface area contributed by atoms with E-state index in [2.05, 4.69) is 47.9 Å². The van der Waals surface area contributed by atoms with Gasteiger partial charge in [-0.1, -0.05) is 116 Å². The summed E-state index contributed by atoms with van der Waals surface area (Å²) in [6.45, 7) is 17.0. The average Bonchev–Trinajstić information content (AvgIpc) is 1.95. The minimum Gasteiger partial charge on any atom is -0.508 e. The van der Waals surface area contributed by atoms with Crippen LogP contribution in [-0.2, 0) is 54.3 Å². The zero-order chi connectivity index (χ0) is 63.1. The lowest BCUT2D eigenvalue weighted by Gasteiger charge is -2.29. The smallest absolute Gasteiger partial charge is 0.407 e. The van der Waals surface area contributed by atoms with Crippen molar-refractivity contribution < 1.29 is 62.8 Å². The van der Waals surface area contributed by atoms with Crippen molar-refractivity contribution >= 4 is 65.2 Å². The summed E-state index contributed by atoms with van der Waals surface area (Å²) in [5.74, 6) is -5.64. The maximum absolute atomic E-state index is 14.2. The van der Waals surface area contributed by atoms with Gasteiger partial charge in [-0.3, -0.25) is 38.4 Å². The molecule has 1 aliphatic rings. The summed E-state index contributed by atoms with van der Waals surface area (Å²) in [4.78, 5) is 123. The molecule has 4 rings (SSSR count). The number of aliphatic hydroxyl groups is 1. The quantitative estimate of drug-likeness (QED) is 0.0378. The third kappa shape index (κ3) is 22.6. The summed E-state index contributed by atoms with van der Waals surface area (Å²) in [5, 5.41) is 45.3. The number of ether oxygens (including phenoxy) is 2. The standard InChI is InChI=1S/C62H91N9O13S/c1-34(2)27-48(57(77)69-50(29-36(5)6)59(79)71-54(39(10)72)60(80)66-41(25-26-85-12)31-63-53(37(7)8)61(81)83-11)67-52(74)32-64-55(75)38(9)65-56(76)49(28-35(3)4)68-58(78)51(30-40-21-23-42(73)24-22-40)70-62(82)84-33-47-45-19-15-13-17-43(45)44-18-14-16-20-46(44)47/h13-24,34-39,41,47-51,53-54,63,72-73H,25-33H2,1-12H3,(H,64,75)(H,65,76)(H,66,80)(H,67,74)(H,68,78)(H,69,77)(H,70,82)(H,71,79)/t38-,39+,41-,48-,49-,50-,51-,53-,54-/m0/s1. The Labute approximate surface area is 504 Å². The molecular formula is C62H91N9O13S. The average molecular weight is 1200 g/mol. The van der Waals surface area contributed by atoms with Crippen molar-refractivity contribution in [1.29, 1.82) is 0 Å². The highest BCUT2D eigenvalue weighted by Gasteiger charge is 2.36. The number of rotatable bonds is 34. The second-order valence-electron chi connectivity index (χ2n) is 23.3. The van der Waals surface area contributed by atoms with E-state index in [1.807, 2.05) is 110 Å². The van der Waals surface area contributed by atoms with E-state index in [1.54, 1.807) is 23.9 Å². The first kappa shape index (κ1) is 70.2. The zero-order valence-electron chi connectivity index (χ0n) is 51.2. The van der Waals surface area contributed by atoms with E-state index in [-0.39, 0.29) is 74.2 Å². The number of carbonyl (C=O) groups is 9. The summed E-state index contributed by atoms with van der Waals surface area (Å²) < 4.78 is 10.7. The predicted octanol–water partition coefficient (Wildman–Crippen LogP) is 3.95. The third-order valence-corrected chi connectivity index (χ3v) is 15.0. The van der Waals surface area contributed by atoms with Crippen LogP contribution in [0.5, 0.6) is 5.75 Å². The molecule has 0 saturated carbocycles. The van der Waals surface area contributed by atoms with Crippen LogP contribution in [0.3, 0.4) is 0 Å². The number of esters is 1. The van der Waals surface area contributed by atoms with Crippen molar-refractivity contribution in [1.82, 2.24) is 47.9 Å². The number of amides is 8. The van der Waals surface area contributed by atoms with Crippen LogP contribution < -0.4 is 47.9 Å². The number of hydrogen-bond donors (Lipinski definition) is 11.